The summed E-state index contributed by atoms with van der Waals surface area (Å²) in [6.45, 7) is 0.334. The molecule has 1 aromatic carbocycles. The predicted octanol–water partition coefficient (Wildman–Crippen LogP) is 1.49. The molecule has 0 fully saturated rings. The maximum atomic E-state index is 13.3. The van der Waals surface area contributed by atoms with Gasteiger partial charge in [-0.2, -0.15) is 0 Å². The summed E-state index contributed by atoms with van der Waals surface area (Å²) < 4.78 is 15.1. The van der Waals surface area contributed by atoms with E-state index in [1.54, 1.807) is 21.6 Å². The molecule has 1 aliphatic rings. The molecule has 2 aromatic rings. The number of hydrogen-bond donors (Lipinski definition) is 1. The summed E-state index contributed by atoms with van der Waals surface area (Å²) in [5, 5.41) is 17.7. The molecule has 0 saturated carbocycles. The van der Waals surface area contributed by atoms with Crippen molar-refractivity contribution in [2.75, 3.05) is 12.4 Å². The van der Waals surface area contributed by atoms with Crippen LogP contribution in [0.2, 0.25) is 0 Å². The Morgan fingerprint density at radius 3 is 3.05 bits per heavy atom. The highest BCUT2D eigenvalue weighted by Crippen LogP contribution is 2.28. The van der Waals surface area contributed by atoms with Gasteiger partial charge in [-0.3, -0.25) is 14.3 Å². The molecule has 104 valence electrons. The predicted molar refractivity (Wildman–Crippen MR) is 70.5 cm³/mol. The lowest BCUT2D eigenvalue weighted by Crippen LogP contribution is -2.34. The van der Waals surface area contributed by atoms with Gasteiger partial charge in [0.25, 0.3) is 0 Å². The van der Waals surface area contributed by atoms with Gasteiger partial charge in [0.2, 0.25) is 0 Å². The average Bonchev–Trinajstić information content (AvgIpc) is 2.81. The number of halogens is 1. The van der Waals surface area contributed by atoms with Gasteiger partial charge in [-0.25, -0.2) is 4.39 Å². The lowest BCUT2D eigenvalue weighted by atomic mass is 10.2. The number of nitrogens with zero attached hydrogens (tertiary/aromatic N) is 4. The standard InChI is InChI=1S/C12H11FN4O2S/c13-9-3-1-2-8(4-9)11-14-15-12-17(11)6-16(7-20-12)5-10(18)19/h1-4H,5-7H2,(H,18,19). The Morgan fingerprint density at radius 2 is 2.30 bits per heavy atom. The van der Waals surface area contributed by atoms with Crippen LogP contribution in [0.3, 0.4) is 0 Å². The zero-order valence-corrected chi connectivity index (χ0v) is 11.2. The number of thioether (sulfide) groups is 1. The van der Waals surface area contributed by atoms with Crippen LogP contribution in [0.1, 0.15) is 0 Å². The Bertz CT molecular complexity index is 661. The largest absolute Gasteiger partial charge is 0.480 e. The number of fused-ring (bicyclic) bond motifs is 1. The molecule has 0 atom stereocenters. The van der Waals surface area contributed by atoms with Crippen LogP contribution in [0.5, 0.6) is 0 Å². The van der Waals surface area contributed by atoms with E-state index in [2.05, 4.69) is 10.2 Å². The number of carboxylic acid groups (broad SMARTS) is 1. The molecule has 6 nitrogen and oxygen atoms in total. The van der Waals surface area contributed by atoms with Gasteiger partial charge in [0, 0.05) is 5.56 Å². The fourth-order valence-electron chi connectivity index (χ4n) is 2.04. The summed E-state index contributed by atoms with van der Waals surface area (Å²) in [5.41, 5.74) is 0.626. The van der Waals surface area contributed by atoms with Crippen molar-refractivity contribution in [3.63, 3.8) is 0 Å². The molecule has 0 saturated heterocycles. The van der Waals surface area contributed by atoms with E-state index in [0.717, 1.165) is 0 Å². The van der Waals surface area contributed by atoms with Crippen LogP contribution in [0, 0.1) is 5.82 Å². The fourth-order valence-corrected chi connectivity index (χ4v) is 2.91. The molecule has 8 heteroatoms. The van der Waals surface area contributed by atoms with Gasteiger partial charge in [0.05, 0.1) is 19.1 Å². The third kappa shape index (κ3) is 2.52. The van der Waals surface area contributed by atoms with Crippen LogP contribution in [0.4, 0.5) is 4.39 Å². The molecule has 0 radical (unpaired) electrons. The number of hydrogen-bond acceptors (Lipinski definition) is 5. The van der Waals surface area contributed by atoms with Crippen molar-refractivity contribution in [2.24, 2.45) is 0 Å². The molecule has 1 N–H and O–H groups in total. The van der Waals surface area contributed by atoms with Crippen LogP contribution in [0.25, 0.3) is 11.4 Å². The monoisotopic (exact) mass is 294 g/mol. The van der Waals surface area contributed by atoms with Crippen LogP contribution in [-0.2, 0) is 11.5 Å². The lowest BCUT2D eigenvalue weighted by Gasteiger charge is -2.26. The van der Waals surface area contributed by atoms with Crippen molar-refractivity contribution < 1.29 is 14.3 Å². The highest BCUT2D eigenvalue weighted by atomic mass is 32.2. The Hall–Kier alpha value is -1.93. The van der Waals surface area contributed by atoms with Crippen molar-refractivity contribution in [3.05, 3.63) is 30.1 Å². The topological polar surface area (TPSA) is 71.2 Å². The van der Waals surface area contributed by atoms with Gasteiger partial charge in [-0.1, -0.05) is 23.9 Å². The first kappa shape index (κ1) is 13.1. The smallest absolute Gasteiger partial charge is 0.317 e. The normalized spacial score (nSPS) is 15.1. The van der Waals surface area contributed by atoms with Crippen molar-refractivity contribution in [2.45, 2.75) is 11.8 Å². The van der Waals surface area contributed by atoms with Gasteiger partial charge in [0.1, 0.15) is 5.82 Å². The van der Waals surface area contributed by atoms with Gasteiger partial charge < -0.3 is 5.11 Å². The Kier molecular flexibility index (Phi) is 3.41. The summed E-state index contributed by atoms with van der Waals surface area (Å²) in [4.78, 5) is 12.5. The molecule has 0 unspecified atom stereocenters. The minimum Gasteiger partial charge on any atom is -0.480 e. The number of carboxylic acids is 1. The molecule has 0 amide bonds. The molecule has 0 spiro atoms. The van der Waals surface area contributed by atoms with E-state index in [9.17, 15) is 9.18 Å². The SMILES string of the molecule is O=C(O)CN1CSc2nnc(-c3cccc(F)c3)n2C1. The third-order valence-electron chi connectivity index (χ3n) is 2.88. The van der Waals surface area contributed by atoms with E-state index >= 15 is 0 Å². The second-order valence-corrected chi connectivity index (χ2v) is 5.29. The summed E-state index contributed by atoms with van der Waals surface area (Å²) in [6.07, 6.45) is 0. The van der Waals surface area contributed by atoms with Gasteiger partial charge in [0.15, 0.2) is 11.0 Å². The number of carbonyl (C=O) groups is 1. The van der Waals surface area contributed by atoms with Crippen LogP contribution in [0.15, 0.2) is 29.4 Å². The van der Waals surface area contributed by atoms with Gasteiger partial charge in [-0.15, -0.1) is 10.2 Å². The zero-order chi connectivity index (χ0) is 14.1. The lowest BCUT2D eigenvalue weighted by molar-refractivity contribution is -0.138. The van der Waals surface area contributed by atoms with Crippen molar-refractivity contribution in [3.8, 4) is 11.4 Å². The Labute approximate surface area is 118 Å². The quantitative estimate of drug-likeness (QED) is 0.925. The van der Waals surface area contributed by atoms with E-state index in [0.29, 0.717) is 29.1 Å². The third-order valence-corrected chi connectivity index (χ3v) is 3.93. The molecular weight excluding hydrogens is 283 g/mol. The molecular formula is C12H11FN4O2S. The van der Waals surface area contributed by atoms with E-state index in [-0.39, 0.29) is 12.4 Å². The summed E-state index contributed by atoms with van der Waals surface area (Å²) in [7, 11) is 0. The first-order valence-electron chi connectivity index (χ1n) is 5.89. The Balaban J connectivity index is 1.93. The Morgan fingerprint density at radius 1 is 1.45 bits per heavy atom. The van der Waals surface area contributed by atoms with Crippen molar-refractivity contribution >= 4 is 17.7 Å². The summed E-state index contributed by atoms with van der Waals surface area (Å²) in [5.74, 6) is -0.129. The first-order valence-corrected chi connectivity index (χ1v) is 6.88. The minimum atomic E-state index is -0.880. The highest BCUT2D eigenvalue weighted by molar-refractivity contribution is 7.99. The van der Waals surface area contributed by atoms with E-state index in [4.69, 9.17) is 5.11 Å². The molecule has 0 aliphatic carbocycles. The van der Waals surface area contributed by atoms with Crippen LogP contribution in [-0.4, -0.2) is 43.2 Å². The fraction of sp³-hybridized carbons (Fsp3) is 0.250. The average molecular weight is 294 g/mol. The second-order valence-electron chi connectivity index (χ2n) is 4.38. The number of aliphatic carboxylic acids is 1. The summed E-state index contributed by atoms with van der Waals surface area (Å²) >= 11 is 1.42. The van der Waals surface area contributed by atoms with E-state index < -0.39 is 5.97 Å². The summed E-state index contributed by atoms with van der Waals surface area (Å²) in [6, 6.07) is 6.11. The number of aromatic nitrogens is 3. The minimum absolute atomic E-state index is 0.0484. The number of rotatable bonds is 3. The molecule has 0 bridgehead atoms. The zero-order valence-electron chi connectivity index (χ0n) is 10.4. The second kappa shape index (κ2) is 5.22. The van der Waals surface area contributed by atoms with Crippen LogP contribution < -0.4 is 0 Å². The maximum Gasteiger partial charge on any atom is 0.317 e. The van der Waals surface area contributed by atoms with Gasteiger partial charge >= 0.3 is 5.97 Å². The van der Waals surface area contributed by atoms with Gasteiger partial charge in [-0.05, 0) is 12.1 Å². The van der Waals surface area contributed by atoms with E-state index in [1.165, 1.54) is 23.9 Å². The van der Waals surface area contributed by atoms with Crippen molar-refractivity contribution in [1.82, 2.24) is 19.7 Å². The molecule has 1 aromatic heterocycles. The van der Waals surface area contributed by atoms with Crippen molar-refractivity contribution in [1.29, 1.82) is 0 Å². The maximum absolute atomic E-state index is 13.3. The number of benzene rings is 1. The van der Waals surface area contributed by atoms with Crippen LogP contribution >= 0.6 is 11.8 Å². The first-order chi connectivity index (χ1) is 9.63. The molecule has 20 heavy (non-hydrogen) atoms. The highest BCUT2D eigenvalue weighted by Gasteiger charge is 2.23. The van der Waals surface area contributed by atoms with E-state index in [1.807, 2.05) is 0 Å². The molecule has 3 rings (SSSR count). The molecule has 2 heterocycles. The molecule has 1 aliphatic heterocycles.